The van der Waals surface area contributed by atoms with E-state index in [1.54, 1.807) is 6.92 Å². The summed E-state index contributed by atoms with van der Waals surface area (Å²) in [6, 6.07) is 3.16. The number of rotatable bonds is 3. The fourth-order valence-corrected chi connectivity index (χ4v) is 1.04. The summed E-state index contributed by atoms with van der Waals surface area (Å²) < 4.78 is 25.1. The predicted molar refractivity (Wildman–Crippen MR) is 45.3 cm³/mol. The summed E-state index contributed by atoms with van der Waals surface area (Å²) in [6.45, 7) is 1.62. The molecule has 0 spiro atoms. The Kier molecular flexibility index (Phi) is 3.06. The van der Waals surface area contributed by atoms with Crippen LogP contribution in [0.4, 0.5) is 8.78 Å². The Morgan fingerprint density at radius 1 is 1.38 bits per heavy atom. The number of nitrogens with zero attached hydrogens (tertiary/aromatic N) is 1. The molecule has 0 heterocycles. The highest BCUT2D eigenvalue weighted by Crippen LogP contribution is 2.11. The second-order valence-corrected chi connectivity index (χ2v) is 2.91. The van der Waals surface area contributed by atoms with Crippen LogP contribution in [0.3, 0.4) is 0 Å². The van der Waals surface area contributed by atoms with Crippen molar-refractivity contribution < 1.29 is 8.78 Å². The van der Waals surface area contributed by atoms with Crippen molar-refractivity contribution in [3.63, 3.8) is 0 Å². The lowest BCUT2D eigenvalue weighted by molar-refractivity contribution is 0.506. The molecular weight excluding hydrogens is 176 g/mol. The molecule has 1 rings (SSSR count). The Labute approximate surface area is 74.6 Å². The molecule has 0 aliphatic carbocycles. The molecule has 0 aliphatic heterocycles. The number of hydrogen-bond donors (Lipinski definition) is 0. The lowest BCUT2D eigenvalue weighted by atomic mass is 10.1. The topological polar surface area (TPSA) is 29.4 Å². The Morgan fingerprint density at radius 2 is 2.08 bits per heavy atom. The van der Waals surface area contributed by atoms with Crippen molar-refractivity contribution in [2.75, 3.05) is 0 Å². The van der Waals surface area contributed by atoms with Gasteiger partial charge in [0.05, 0.1) is 6.04 Å². The molecule has 13 heavy (non-hydrogen) atoms. The minimum Gasteiger partial charge on any atom is -0.204 e. The van der Waals surface area contributed by atoms with Gasteiger partial charge in [0.25, 0.3) is 0 Å². The Balaban J connectivity index is 2.79. The fourth-order valence-electron chi connectivity index (χ4n) is 1.04. The SMILES string of the molecule is CC(Cc1ccc(F)c(F)c1)N=O. The van der Waals surface area contributed by atoms with Crippen LogP contribution in [0.5, 0.6) is 0 Å². The third-order valence-corrected chi connectivity index (χ3v) is 1.70. The highest BCUT2D eigenvalue weighted by atomic mass is 19.2. The van der Waals surface area contributed by atoms with Gasteiger partial charge in [0, 0.05) is 0 Å². The van der Waals surface area contributed by atoms with Gasteiger partial charge < -0.3 is 0 Å². The minimum absolute atomic E-state index is 0.334. The number of hydrogen-bond acceptors (Lipinski definition) is 2. The van der Waals surface area contributed by atoms with E-state index in [2.05, 4.69) is 5.18 Å². The minimum atomic E-state index is -0.893. The molecule has 1 aromatic carbocycles. The lowest BCUT2D eigenvalue weighted by Gasteiger charge is -2.02. The molecule has 1 atom stereocenters. The van der Waals surface area contributed by atoms with Gasteiger partial charge >= 0.3 is 0 Å². The van der Waals surface area contributed by atoms with Crippen LogP contribution in [0.15, 0.2) is 23.4 Å². The van der Waals surface area contributed by atoms with Gasteiger partial charge in [-0.15, -0.1) is 0 Å². The molecule has 0 saturated heterocycles. The molecular formula is C9H9F2NO. The largest absolute Gasteiger partial charge is 0.204 e. The van der Waals surface area contributed by atoms with Crippen molar-refractivity contribution in [3.8, 4) is 0 Å². The van der Waals surface area contributed by atoms with E-state index in [1.807, 2.05) is 0 Å². The molecule has 0 bridgehead atoms. The zero-order valence-corrected chi connectivity index (χ0v) is 7.13. The van der Waals surface area contributed by atoms with Crippen molar-refractivity contribution >= 4 is 0 Å². The van der Waals surface area contributed by atoms with Crippen molar-refractivity contribution in [1.82, 2.24) is 0 Å². The summed E-state index contributed by atoms with van der Waals surface area (Å²) in [5, 5.41) is 2.77. The molecule has 0 aromatic heterocycles. The van der Waals surface area contributed by atoms with E-state index in [4.69, 9.17) is 0 Å². The van der Waals surface area contributed by atoms with E-state index < -0.39 is 17.7 Å². The Bertz CT molecular complexity index is 314. The molecule has 70 valence electrons. The predicted octanol–water partition coefficient (Wildman–Crippen LogP) is 2.66. The third kappa shape index (κ3) is 2.57. The van der Waals surface area contributed by atoms with Crippen molar-refractivity contribution in [1.29, 1.82) is 0 Å². The third-order valence-electron chi connectivity index (χ3n) is 1.70. The van der Waals surface area contributed by atoms with Gasteiger partial charge in [0.2, 0.25) is 0 Å². The van der Waals surface area contributed by atoms with E-state index in [-0.39, 0.29) is 0 Å². The van der Waals surface area contributed by atoms with E-state index in [0.29, 0.717) is 12.0 Å². The standard InChI is InChI=1S/C9H9F2NO/c1-6(12-13)4-7-2-3-8(10)9(11)5-7/h2-3,5-6H,4H2,1H3. The van der Waals surface area contributed by atoms with E-state index in [9.17, 15) is 13.7 Å². The summed E-state index contributed by atoms with van der Waals surface area (Å²) in [7, 11) is 0. The Hall–Kier alpha value is -1.32. The fraction of sp³-hybridized carbons (Fsp3) is 0.333. The van der Waals surface area contributed by atoms with Crippen LogP contribution in [0, 0.1) is 16.5 Å². The monoisotopic (exact) mass is 185 g/mol. The number of nitroso groups, excluding NO2 is 1. The molecule has 1 unspecified atom stereocenters. The molecule has 4 heteroatoms. The average Bonchev–Trinajstić information content (AvgIpc) is 2.11. The second kappa shape index (κ2) is 4.07. The molecule has 0 fully saturated rings. The maximum Gasteiger partial charge on any atom is 0.159 e. The summed E-state index contributed by atoms with van der Waals surface area (Å²) in [5.74, 6) is -1.77. The van der Waals surface area contributed by atoms with Crippen LogP contribution in [0.1, 0.15) is 12.5 Å². The van der Waals surface area contributed by atoms with Crippen LogP contribution in [-0.2, 0) is 6.42 Å². The summed E-state index contributed by atoms with van der Waals surface area (Å²) in [4.78, 5) is 10.0. The quantitative estimate of drug-likeness (QED) is 0.665. The molecule has 0 saturated carbocycles. The van der Waals surface area contributed by atoms with Gasteiger partial charge in [-0.2, -0.15) is 4.91 Å². The van der Waals surface area contributed by atoms with Gasteiger partial charge in [-0.25, -0.2) is 8.78 Å². The van der Waals surface area contributed by atoms with Gasteiger partial charge in [0.1, 0.15) is 0 Å². The highest BCUT2D eigenvalue weighted by Gasteiger charge is 2.06. The Morgan fingerprint density at radius 3 is 2.62 bits per heavy atom. The maximum absolute atomic E-state index is 12.6. The average molecular weight is 185 g/mol. The first-order valence-corrected chi connectivity index (χ1v) is 3.90. The summed E-state index contributed by atoms with van der Waals surface area (Å²) >= 11 is 0. The molecule has 0 amide bonds. The first-order valence-electron chi connectivity index (χ1n) is 3.90. The van der Waals surface area contributed by atoms with Gasteiger partial charge in [-0.05, 0) is 31.0 Å². The van der Waals surface area contributed by atoms with Gasteiger partial charge in [-0.3, -0.25) is 0 Å². The first kappa shape index (κ1) is 9.77. The molecule has 0 N–H and O–H groups in total. The number of halogens is 2. The van der Waals surface area contributed by atoms with Crippen LogP contribution < -0.4 is 0 Å². The summed E-state index contributed by atoms with van der Waals surface area (Å²) in [5.41, 5.74) is 0.575. The van der Waals surface area contributed by atoms with Crippen molar-refractivity contribution in [3.05, 3.63) is 40.3 Å². The maximum atomic E-state index is 12.6. The normalized spacial score (nSPS) is 12.5. The molecule has 2 nitrogen and oxygen atoms in total. The van der Waals surface area contributed by atoms with E-state index in [0.717, 1.165) is 12.1 Å². The van der Waals surface area contributed by atoms with E-state index >= 15 is 0 Å². The van der Waals surface area contributed by atoms with Crippen LogP contribution in [0.2, 0.25) is 0 Å². The highest BCUT2D eigenvalue weighted by molar-refractivity contribution is 5.18. The smallest absolute Gasteiger partial charge is 0.159 e. The van der Waals surface area contributed by atoms with Crippen LogP contribution in [0.25, 0.3) is 0 Å². The van der Waals surface area contributed by atoms with Gasteiger partial charge in [-0.1, -0.05) is 11.2 Å². The zero-order chi connectivity index (χ0) is 9.84. The molecule has 0 aliphatic rings. The summed E-state index contributed by atoms with van der Waals surface area (Å²) in [6.07, 6.45) is 0.334. The van der Waals surface area contributed by atoms with Crippen LogP contribution >= 0.6 is 0 Å². The zero-order valence-electron chi connectivity index (χ0n) is 7.13. The molecule has 1 aromatic rings. The lowest BCUT2D eigenvalue weighted by Crippen LogP contribution is -2.02. The second-order valence-electron chi connectivity index (χ2n) is 2.91. The van der Waals surface area contributed by atoms with Crippen molar-refractivity contribution in [2.45, 2.75) is 19.4 Å². The van der Waals surface area contributed by atoms with Gasteiger partial charge in [0.15, 0.2) is 11.6 Å². The molecule has 0 radical (unpaired) electrons. The number of benzene rings is 1. The van der Waals surface area contributed by atoms with E-state index in [1.165, 1.54) is 6.07 Å². The van der Waals surface area contributed by atoms with Crippen LogP contribution in [-0.4, -0.2) is 6.04 Å². The first-order chi connectivity index (χ1) is 6.13. The van der Waals surface area contributed by atoms with Crippen molar-refractivity contribution in [2.24, 2.45) is 5.18 Å².